The lowest BCUT2D eigenvalue weighted by Crippen LogP contribution is -2.46. The molecule has 1 aromatic carbocycles. The molecule has 1 aliphatic heterocycles. The van der Waals surface area contributed by atoms with Gasteiger partial charge in [-0.3, -0.25) is 9.78 Å². The average Bonchev–Trinajstić information content (AvgIpc) is 3.08. The highest BCUT2D eigenvalue weighted by Gasteiger charge is 2.47. The lowest BCUT2D eigenvalue weighted by Gasteiger charge is -2.35. The fourth-order valence-electron chi connectivity index (χ4n) is 5.39. The van der Waals surface area contributed by atoms with Crippen LogP contribution in [0.4, 0.5) is 23.7 Å². The number of aromatic nitrogens is 1. The van der Waals surface area contributed by atoms with Crippen molar-refractivity contribution in [2.45, 2.75) is 56.8 Å². The van der Waals surface area contributed by atoms with Crippen molar-refractivity contribution >= 4 is 17.7 Å². The summed E-state index contributed by atoms with van der Waals surface area (Å²) in [6.45, 7) is 4.52. The summed E-state index contributed by atoms with van der Waals surface area (Å²) in [4.78, 5) is 30.0. The molecule has 2 atom stereocenters. The monoisotopic (exact) mass is 504 g/mol. The predicted molar refractivity (Wildman–Crippen MR) is 129 cm³/mol. The number of piperidine rings is 1. The maximum Gasteiger partial charge on any atom is 0.414 e. The molecule has 0 radical (unpaired) electrons. The zero-order valence-corrected chi connectivity index (χ0v) is 20.5. The average molecular weight is 505 g/mol. The first kappa shape index (κ1) is 25.8. The van der Waals surface area contributed by atoms with Gasteiger partial charge in [0, 0.05) is 37.5 Å². The number of alkyl halides is 3. The number of rotatable bonds is 5. The van der Waals surface area contributed by atoms with E-state index in [2.05, 4.69) is 36.3 Å². The van der Waals surface area contributed by atoms with Crippen molar-refractivity contribution in [2.75, 3.05) is 25.5 Å². The SMILES string of the molecule is CN(C(=O)C1CCN(C(=O)O)CC1)C(c1ccc(NC2Cc3ccccc3C2(C)C)cn1)C(F)(F)F. The Kier molecular flexibility index (Phi) is 6.90. The van der Waals surface area contributed by atoms with Gasteiger partial charge in [0.05, 0.1) is 17.6 Å². The van der Waals surface area contributed by atoms with E-state index in [1.165, 1.54) is 28.3 Å². The van der Waals surface area contributed by atoms with E-state index in [0.717, 1.165) is 13.5 Å². The molecule has 7 nitrogen and oxygen atoms in total. The summed E-state index contributed by atoms with van der Waals surface area (Å²) in [5.41, 5.74) is 2.68. The maximum absolute atomic E-state index is 14.1. The van der Waals surface area contributed by atoms with Gasteiger partial charge < -0.3 is 20.2 Å². The highest BCUT2D eigenvalue weighted by molar-refractivity contribution is 5.79. The van der Waals surface area contributed by atoms with E-state index in [1.807, 2.05) is 12.1 Å². The third kappa shape index (κ3) is 4.99. The predicted octanol–water partition coefficient (Wildman–Crippen LogP) is 4.85. The van der Waals surface area contributed by atoms with Gasteiger partial charge in [0.25, 0.3) is 0 Å². The molecule has 0 saturated carbocycles. The molecule has 2 amide bonds. The largest absolute Gasteiger partial charge is 0.465 e. The number of halogens is 3. The first-order valence-electron chi connectivity index (χ1n) is 12.0. The van der Waals surface area contributed by atoms with Crippen LogP contribution in [-0.2, 0) is 16.6 Å². The smallest absolute Gasteiger partial charge is 0.414 e. The first-order chi connectivity index (χ1) is 16.9. The topological polar surface area (TPSA) is 85.8 Å². The lowest BCUT2D eigenvalue weighted by atomic mass is 9.83. The number of carboxylic acid groups (broad SMARTS) is 1. The third-order valence-corrected chi connectivity index (χ3v) is 7.57. The van der Waals surface area contributed by atoms with Crippen molar-refractivity contribution < 1.29 is 27.9 Å². The van der Waals surface area contributed by atoms with E-state index in [9.17, 15) is 22.8 Å². The van der Waals surface area contributed by atoms with E-state index in [0.29, 0.717) is 10.6 Å². The third-order valence-electron chi connectivity index (χ3n) is 7.57. The summed E-state index contributed by atoms with van der Waals surface area (Å²) in [6.07, 6.45) is -3.25. The molecule has 4 rings (SSSR count). The number of anilines is 1. The minimum Gasteiger partial charge on any atom is -0.465 e. The molecule has 0 spiro atoms. The number of hydrogen-bond donors (Lipinski definition) is 2. The van der Waals surface area contributed by atoms with Gasteiger partial charge in [-0.15, -0.1) is 0 Å². The number of hydrogen-bond acceptors (Lipinski definition) is 4. The Morgan fingerprint density at radius 2 is 1.83 bits per heavy atom. The first-order valence-corrected chi connectivity index (χ1v) is 12.0. The quantitative estimate of drug-likeness (QED) is 0.608. The summed E-state index contributed by atoms with van der Waals surface area (Å²) in [6, 6.07) is 8.94. The van der Waals surface area contributed by atoms with Crippen LogP contribution in [0.5, 0.6) is 0 Å². The van der Waals surface area contributed by atoms with Gasteiger partial charge in [-0.25, -0.2) is 4.79 Å². The molecule has 10 heteroatoms. The summed E-state index contributed by atoms with van der Waals surface area (Å²) < 4.78 is 42.3. The minimum atomic E-state index is -4.72. The molecule has 2 aliphatic rings. The van der Waals surface area contributed by atoms with Crippen molar-refractivity contribution in [1.29, 1.82) is 0 Å². The van der Waals surface area contributed by atoms with Gasteiger partial charge in [-0.05, 0) is 42.5 Å². The molecule has 2 N–H and O–H groups in total. The Labute approximate surface area is 208 Å². The number of likely N-dealkylation sites (tertiary alicyclic amines) is 1. The number of nitrogens with one attached hydrogen (secondary N) is 1. The van der Waals surface area contributed by atoms with E-state index in [4.69, 9.17) is 5.11 Å². The van der Waals surface area contributed by atoms with Crippen molar-refractivity contribution in [1.82, 2.24) is 14.8 Å². The second kappa shape index (κ2) is 9.63. The van der Waals surface area contributed by atoms with E-state index < -0.39 is 30.1 Å². The van der Waals surface area contributed by atoms with Crippen LogP contribution in [0.2, 0.25) is 0 Å². The van der Waals surface area contributed by atoms with Gasteiger partial charge in [0.1, 0.15) is 0 Å². The van der Waals surface area contributed by atoms with Crippen LogP contribution < -0.4 is 5.32 Å². The van der Waals surface area contributed by atoms with E-state index in [1.54, 1.807) is 6.07 Å². The Morgan fingerprint density at radius 3 is 2.39 bits per heavy atom. The molecule has 2 heterocycles. The highest BCUT2D eigenvalue weighted by Crippen LogP contribution is 2.41. The molecule has 1 fully saturated rings. The number of fused-ring (bicyclic) bond motifs is 1. The van der Waals surface area contributed by atoms with E-state index in [-0.39, 0.29) is 43.1 Å². The standard InChI is InChI=1S/C26H31F3N4O3/c1-25(2)19-7-5-4-6-17(19)14-21(25)31-18-8-9-20(30-15-18)22(26(27,28)29)32(3)23(34)16-10-12-33(13-11-16)24(35)36/h4-9,15-16,21-22,31H,10-14H2,1-3H3,(H,35,36). The number of benzene rings is 1. The maximum atomic E-state index is 14.1. The Hall–Kier alpha value is -3.30. The van der Waals surface area contributed by atoms with Gasteiger partial charge in [0.2, 0.25) is 5.91 Å². The van der Waals surface area contributed by atoms with Crippen LogP contribution in [0.25, 0.3) is 0 Å². The Bertz CT molecular complexity index is 1110. The number of pyridine rings is 1. The Morgan fingerprint density at radius 1 is 1.17 bits per heavy atom. The van der Waals surface area contributed by atoms with Crippen LogP contribution in [0, 0.1) is 5.92 Å². The van der Waals surface area contributed by atoms with Gasteiger partial charge >= 0.3 is 12.3 Å². The second-order valence-electron chi connectivity index (χ2n) is 10.2. The number of carbonyl (C=O) groups excluding carboxylic acids is 1. The lowest BCUT2D eigenvalue weighted by molar-refractivity contribution is -0.191. The van der Waals surface area contributed by atoms with Crippen LogP contribution >= 0.6 is 0 Å². The fourth-order valence-corrected chi connectivity index (χ4v) is 5.39. The number of carbonyl (C=O) groups is 2. The molecule has 2 aromatic rings. The van der Waals surface area contributed by atoms with Gasteiger partial charge in [0.15, 0.2) is 6.04 Å². The summed E-state index contributed by atoms with van der Waals surface area (Å²) in [5, 5.41) is 12.5. The Balaban J connectivity index is 1.47. The summed E-state index contributed by atoms with van der Waals surface area (Å²) in [7, 11) is 1.14. The van der Waals surface area contributed by atoms with E-state index >= 15 is 0 Å². The van der Waals surface area contributed by atoms with Crippen molar-refractivity contribution in [3.05, 3.63) is 59.4 Å². The molecular weight excluding hydrogens is 473 g/mol. The molecule has 1 aliphatic carbocycles. The van der Waals surface area contributed by atoms with Crippen LogP contribution in [0.3, 0.4) is 0 Å². The van der Waals surface area contributed by atoms with Gasteiger partial charge in [-0.1, -0.05) is 38.1 Å². The molecular formula is C26H31F3N4O3. The molecule has 1 aromatic heterocycles. The normalized spacial score (nSPS) is 20.5. The summed E-state index contributed by atoms with van der Waals surface area (Å²) in [5.74, 6) is -1.32. The zero-order valence-electron chi connectivity index (χ0n) is 20.5. The zero-order chi connectivity index (χ0) is 26.3. The van der Waals surface area contributed by atoms with Crippen molar-refractivity contribution in [3.63, 3.8) is 0 Å². The van der Waals surface area contributed by atoms with Gasteiger partial charge in [-0.2, -0.15) is 13.2 Å². The molecule has 194 valence electrons. The van der Waals surface area contributed by atoms with Crippen molar-refractivity contribution in [3.8, 4) is 0 Å². The summed E-state index contributed by atoms with van der Waals surface area (Å²) >= 11 is 0. The fraction of sp³-hybridized carbons (Fsp3) is 0.500. The number of nitrogens with zero attached hydrogens (tertiary/aromatic N) is 3. The van der Waals surface area contributed by atoms with Crippen LogP contribution in [0.1, 0.15) is 49.6 Å². The second-order valence-corrected chi connectivity index (χ2v) is 10.2. The number of amides is 2. The molecule has 1 saturated heterocycles. The molecule has 36 heavy (non-hydrogen) atoms. The van der Waals surface area contributed by atoms with Crippen LogP contribution in [-0.4, -0.2) is 64.2 Å². The van der Waals surface area contributed by atoms with Crippen molar-refractivity contribution in [2.24, 2.45) is 5.92 Å². The minimum absolute atomic E-state index is 0.0573. The molecule has 0 bridgehead atoms. The highest BCUT2D eigenvalue weighted by atomic mass is 19.4. The van der Waals surface area contributed by atoms with Crippen LogP contribution in [0.15, 0.2) is 42.6 Å². The molecule has 2 unspecified atom stereocenters.